The lowest BCUT2D eigenvalue weighted by molar-refractivity contribution is -0.384. The van der Waals surface area contributed by atoms with Crippen LogP contribution in [0.5, 0.6) is 11.5 Å². The molecule has 0 aliphatic heterocycles. The number of non-ortho nitro benzene ring substituents is 1. The van der Waals surface area contributed by atoms with Crippen molar-refractivity contribution >= 4 is 35.0 Å². The summed E-state index contributed by atoms with van der Waals surface area (Å²) in [5.41, 5.74) is 1.14. The van der Waals surface area contributed by atoms with Crippen LogP contribution in [0.2, 0.25) is 5.02 Å². The number of hydrogen-bond acceptors (Lipinski definition) is 5. The summed E-state index contributed by atoms with van der Waals surface area (Å²) < 4.78 is 10.4. The van der Waals surface area contributed by atoms with Crippen LogP contribution in [0.25, 0.3) is 6.08 Å². The van der Waals surface area contributed by atoms with Gasteiger partial charge in [0.15, 0.2) is 11.5 Å². The first-order valence-corrected chi connectivity index (χ1v) is 7.89. The first-order chi connectivity index (χ1) is 12.3. The van der Waals surface area contributed by atoms with E-state index in [0.717, 1.165) is 5.56 Å². The Bertz CT molecular complexity index is 880. The van der Waals surface area contributed by atoms with Crippen LogP contribution in [0.3, 0.4) is 0 Å². The molecule has 0 radical (unpaired) electrons. The zero-order valence-corrected chi connectivity index (χ0v) is 15.2. The third-order valence-corrected chi connectivity index (χ3v) is 3.89. The van der Waals surface area contributed by atoms with Gasteiger partial charge in [-0.05, 0) is 36.8 Å². The van der Waals surface area contributed by atoms with E-state index in [1.807, 2.05) is 0 Å². The van der Waals surface area contributed by atoms with Crippen LogP contribution in [0.1, 0.15) is 12.5 Å². The molecule has 0 bridgehead atoms. The zero-order chi connectivity index (χ0) is 19.3. The van der Waals surface area contributed by atoms with Crippen LogP contribution in [-0.2, 0) is 4.79 Å². The predicted molar refractivity (Wildman–Crippen MR) is 99.9 cm³/mol. The number of hydrogen-bond donors (Lipinski definition) is 1. The highest BCUT2D eigenvalue weighted by atomic mass is 35.5. The fourth-order valence-corrected chi connectivity index (χ4v) is 2.37. The van der Waals surface area contributed by atoms with E-state index in [0.29, 0.717) is 17.1 Å². The molecule has 0 fully saturated rings. The minimum atomic E-state index is -0.557. The van der Waals surface area contributed by atoms with E-state index in [2.05, 4.69) is 5.32 Å². The number of halogens is 1. The molecule has 0 saturated carbocycles. The topological polar surface area (TPSA) is 90.7 Å². The molecule has 2 aromatic rings. The van der Waals surface area contributed by atoms with Crippen molar-refractivity contribution in [2.24, 2.45) is 0 Å². The van der Waals surface area contributed by atoms with Crippen LogP contribution in [0.4, 0.5) is 11.4 Å². The smallest absolute Gasteiger partial charge is 0.271 e. The van der Waals surface area contributed by atoms with Crippen LogP contribution in [0, 0.1) is 10.1 Å². The lowest BCUT2D eigenvalue weighted by Crippen LogP contribution is -2.13. The summed E-state index contributed by atoms with van der Waals surface area (Å²) in [5, 5.41) is 13.6. The Morgan fingerprint density at radius 3 is 2.46 bits per heavy atom. The van der Waals surface area contributed by atoms with Crippen molar-refractivity contribution < 1.29 is 19.2 Å². The third kappa shape index (κ3) is 4.52. The van der Waals surface area contributed by atoms with Crippen molar-refractivity contribution in [1.82, 2.24) is 0 Å². The predicted octanol–water partition coefficient (Wildman–Crippen LogP) is 4.31. The Balaban J connectivity index is 2.23. The van der Waals surface area contributed by atoms with Gasteiger partial charge in [0.1, 0.15) is 0 Å². The first kappa shape index (κ1) is 19.3. The van der Waals surface area contributed by atoms with E-state index < -0.39 is 10.8 Å². The molecule has 7 nitrogen and oxygen atoms in total. The summed E-state index contributed by atoms with van der Waals surface area (Å²) in [6, 6.07) is 9.08. The summed E-state index contributed by atoms with van der Waals surface area (Å²) in [7, 11) is 3.06. The van der Waals surface area contributed by atoms with E-state index >= 15 is 0 Å². The average molecular weight is 377 g/mol. The number of anilines is 1. The average Bonchev–Trinajstić information content (AvgIpc) is 2.62. The summed E-state index contributed by atoms with van der Waals surface area (Å²) in [5.74, 6) is 0.688. The van der Waals surface area contributed by atoms with Crippen molar-refractivity contribution in [1.29, 1.82) is 0 Å². The number of nitrogens with zero attached hydrogens (tertiary/aromatic N) is 1. The number of ether oxygens (including phenoxy) is 2. The maximum Gasteiger partial charge on any atom is 0.271 e. The third-order valence-electron chi connectivity index (χ3n) is 3.56. The molecule has 0 unspecified atom stereocenters. The molecule has 2 rings (SSSR count). The second kappa shape index (κ2) is 8.35. The Kier molecular flexibility index (Phi) is 6.19. The lowest BCUT2D eigenvalue weighted by Gasteiger charge is -2.09. The van der Waals surface area contributed by atoms with Crippen LogP contribution >= 0.6 is 11.6 Å². The molecule has 0 spiro atoms. The minimum Gasteiger partial charge on any atom is -0.493 e. The van der Waals surface area contributed by atoms with Gasteiger partial charge in [0, 0.05) is 17.7 Å². The van der Waals surface area contributed by atoms with Gasteiger partial charge in [-0.2, -0.15) is 0 Å². The highest BCUT2D eigenvalue weighted by Crippen LogP contribution is 2.29. The number of rotatable bonds is 6. The summed E-state index contributed by atoms with van der Waals surface area (Å²) in [6.07, 6.45) is 1.66. The van der Waals surface area contributed by atoms with Gasteiger partial charge >= 0.3 is 0 Å². The molecule has 0 saturated heterocycles. The fraction of sp³-hybridized carbons (Fsp3) is 0.167. The number of carbonyl (C=O) groups is 1. The Hall–Kier alpha value is -3.06. The highest BCUT2D eigenvalue weighted by Gasteiger charge is 2.13. The summed E-state index contributed by atoms with van der Waals surface area (Å²) in [6.45, 7) is 1.62. The molecule has 136 valence electrons. The Labute approximate surface area is 155 Å². The number of nitro groups is 1. The SMILES string of the molecule is COc1ccc(/C=C(\C)C(=O)Nc2cc([N+](=O)[O-])ccc2Cl)cc1OC. The van der Waals surface area contributed by atoms with Crippen molar-refractivity contribution in [3.05, 3.63) is 62.7 Å². The van der Waals surface area contributed by atoms with Crippen LogP contribution in [-0.4, -0.2) is 25.1 Å². The minimum absolute atomic E-state index is 0.161. The lowest BCUT2D eigenvalue weighted by atomic mass is 10.1. The van der Waals surface area contributed by atoms with E-state index in [1.54, 1.807) is 31.2 Å². The standard InChI is InChI=1S/C18H17ClN2O5/c1-11(8-12-4-7-16(25-2)17(9-12)26-3)18(22)20-15-10-13(21(23)24)5-6-14(15)19/h4-10H,1-3H3,(H,20,22)/b11-8+. The van der Waals surface area contributed by atoms with Gasteiger partial charge in [-0.15, -0.1) is 0 Å². The first-order valence-electron chi connectivity index (χ1n) is 7.51. The van der Waals surface area contributed by atoms with Gasteiger partial charge in [-0.3, -0.25) is 14.9 Å². The number of carbonyl (C=O) groups excluding carboxylic acids is 1. The number of nitro benzene ring substituents is 1. The molecule has 0 aromatic heterocycles. The van der Waals surface area contributed by atoms with Crippen molar-refractivity contribution in [2.45, 2.75) is 6.92 Å². The summed E-state index contributed by atoms with van der Waals surface area (Å²) >= 11 is 6.00. The second-order valence-electron chi connectivity index (χ2n) is 5.32. The molecule has 0 atom stereocenters. The molecule has 2 aromatic carbocycles. The van der Waals surface area contributed by atoms with Gasteiger partial charge in [0.2, 0.25) is 0 Å². The maximum absolute atomic E-state index is 12.4. The number of benzene rings is 2. The van der Waals surface area contributed by atoms with E-state index in [9.17, 15) is 14.9 Å². The van der Waals surface area contributed by atoms with Crippen LogP contribution in [0.15, 0.2) is 42.0 Å². The van der Waals surface area contributed by atoms with Crippen molar-refractivity contribution in [2.75, 3.05) is 19.5 Å². The molecule has 0 aliphatic rings. The Morgan fingerprint density at radius 2 is 1.85 bits per heavy atom. The molecule has 1 N–H and O–H groups in total. The van der Waals surface area contributed by atoms with Gasteiger partial charge in [-0.25, -0.2) is 0 Å². The number of amides is 1. The van der Waals surface area contributed by atoms with E-state index in [4.69, 9.17) is 21.1 Å². The van der Waals surface area contributed by atoms with Crippen LogP contribution < -0.4 is 14.8 Å². The Morgan fingerprint density at radius 1 is 1.15 bits per heavy atom. The number of methoxy groups -OCH3 is 2. The van der Waals surface area contributed by atoms with Crippen molar-refractivity contribution in [3.63, 3.8) is 0 Å². The second-order valence-corrected chi connectivity index (χ2v) is 5.72. The molecule has 1 amide bonds. The quantitative estimate of drug-likeness (QED) is 0.461. The van der Waals surface area contributed by atoms with Crippen molar-refractivity contribution in [3.8, 4) is 11.5 Å². The van der Waals surface area contributed by atoms with Gasteiger partial charge in [0.05, 0.1) is 29.9 Å². The summed E-state index contributed by atoms with van der Waals surface area (Å²) in [4.78, 5) is 22.7. The largest absolute Gasteiger partial charge is 0.493 e. The van der Waals surface area contributed by atoms with Gasteiger partial charge in [-0.1, -0.05) is 17.7 Å². The van der Waals surface area contributed by atoms with E-state index in [1.165, 1.54) is 32.4 Å². The molecular weight excluding hydrogens is 360 g/mol. The number of nitrogens with one attached hydrogen (secondary N) is 1. The zero-order valence-electron chi connectivity index (χ0n) is 14.4. The normalized spacial score (nSPS) is 11.0. The molecule has 8 heteroatoms. The molecule has 26 heavy (non-hydrogen) atoms. The molecule has 0 aliphatic carbocycles. The monoisotopic (exact) mass is 376 g/mol. The van der Waals surface area contributed by atoms with E-state index in [-0.39, 0.29) is 16.4 Å². The molecule has 0 heterocycles. The van der Waals surface area contributed by atoms with Gasteiger partial charge < -0.3 is 14.8 Å². The highest BCUT2D eigenvalue weighted by molar-refractivity contribution is 6.34. The maximum atomic E-state index is 12.4. The molecular formula is C18H17ClN2O5. The fourth-order valence-electron chi connectivity index (χ4n) is 2.20. The van der Waals surface area contributed by atoms with Gasteiger partial charge in [0.25, 0.3) is 11.6 Å².